The third-order valence-electron chi connectivity index (χ3n) is 2.47. The molecule has 0 aliphatic carbocycles. The molecule has 1 atom stereocenters. The van der Waals surface area contributed by atoms with E-state index in [1.54, 1.807) is 13.2 Å². The van der Waals surface area contributed by atoms with Crippen LogP contribution in [0.3, 0.4) is 0 Å². The third-order valence-corrected chi connectivity index (χ3v) is 3.75. The van der Waals surface area contributed by atoms with Crippen molar-refractivity contribution in [1.29, 1.82) is 0 Å². The molecule has 0 saturated carbocycles. The minimum absolute atomic E-state index is 0.585. The van der Waals surface area contributed by atoms with Gasteiger partial charge in [0.2, 0.25) is 0 Å². The van der Waals surface area contributed by atoms with Crippen molar-refractivity contribution in [1.82, 2.24) is 0 Å². The Kier molecular flexibility index (Phi) is 4.18. The van der Waals surface area contributed by atoms with Gasteiger partial charge in [0.25, 0.3) is 0 Å². The molecule has 17 heavy (non-hydrogen) atoms. The van der Waals surface area contributed by atoms with E-state index in [0.717, 1.165) is 16.0 Å². The van der Waals surface area contributed by atoms with Crippen LogP contribution in [0, 0.1) is 0 Å². The molecule has 0 amide bonds. The second kappa shape index (κ2) is 5.65. The Morgan fingerprint density at radius 2 is 1.94 bits per heavy atom. The highest BCUT2D eigenvalue weighted by molar-refractivity contribution is 7.16. The molecule has 4 heteroatoms. The lowest BCUT2D eigenvalue weighted by atomic mass is 10.1. The number of aliphatic hydroxyl groups is 1. The molecule has 0 aliphatic rings. The first kappa shape index (κ1) is 12.6. The van der Waals surface area contributed by atoms with Crippen molar-refractivity contribution in [3.05, 3.63) is 56.7 Å². The van der Waals surface area contributed by atoms with Crippen molar-refractivity contribution >= 4 is 22.9 Å². The second-order valence-electron chi connectivity index (χ2n) is 3.72. The fourth-order valence-corrected chi connectivity index (χ4v) is 2.68. The molecule has 2 nitrogen and oxygen atoms in total. The fourth-order valence-electron chi connectivity index (χ4n) is 1.60. The van der Waals surface area contributed by atoms with Gasteiger partial charge in [0.05, 0.1) is 10.9 Å². The summed E-state index contributed by atoms with van der Waals surface area (Å²) in [6.07, 6.45) is -0.607. The Morgan fingerprint density at radius 3 is 2.47 bits per heavy atom. The molecule has 0 fully saturated rings. The van der Waals surface area contributed by atoms with E-state index < -0.39 is 6.10 Å². The van der Waals surface area contributed by atoms with E-state index in [1.807, 2.05) is 30.3 Å². The largest absolute Gasteiger partial charge is 0.383 e. The summed E-state index contributed by atoms with van der Waals surface area (Å²) >= 11 is 7.25. The number of methoxy groups -OCH3 is 1. The number of ether oxygens (including phenoxy) is 1. The van der Waals surface area contributed by atoms with E-state index in [0.29, 0.717) is 10.9 Å². The number of hydrogen-bond acceptors (Lipinski definition) is 3. The van der Waals surface area contributed by atoms with E-state index in [9.17, 15) is 5.11 Å². The maximum atomic E-state index is 10.1. The summed E-state index contributed by atoms with van der Waals surface area (Å²) in [4.78, 5) is 0.856. The maximum absolute atomic E-state index is 10.1. The van der Waals surface area contributed by atoms with E-state index >= 15 is 0 Å². The SMILES string of the molecule is COCc1ccc(C(O)c2ccc(Cl)s2)cc1. The van der Waals surface area contributed by atoms with E-state index in [4.69, 9.17) is 16.3 Å². The van der Waals surface area contributed by atoms with Crippen molar-refractivity contribution < 1.29 is 9.84 Å². The van der Waals surface area contributed by atoms with E-state index in [-0.39, 0.29) is 0 Å². The van der Waals surface area contributed by atoms with Crippen LogP contribution in [0.4, 0.5) is 0 Å². The molecule has 1 heterocycles. The maximum Gasteiger partial charge on any atom is 0.113 e. The van der Waals surface area contributed by atoms with Crippen molar-refractivity contribution in [2.45, 2.75) is 12.7 Å². The molecular weight excluding hydrogens is 256 g/mol. The van der Waals surface area contributed by atoms with Crippen LogP contribution < -0.4 is 0 Å². The standard InChI is InChI=1S/C13H13ClO2S/c1-16-8-9-2-4-10(5-3-9)13(15)11-6-7-12(14)17-11/h2-7,13,15H,8H2,1H3. The molecular formula is C13H13ClO2S. The van der Waals surface area contributed by atoms with Gasteiger partial charge in [-0.05, 0) is 23.3 Å². The van der Waals surface area contributed by atoms with Gasteiger partial charge in [-0.3, -0.25) is 0 Å². The minimum atomic E-state index is -0.607. The Morgan fingerprint density at radius 1 is 1.24 bits per heavy atom. The van der Waals surface area contributed by atoms with Crippen molar-refractivity contribution in [2.24, 2.45) is 0 Å². The molecule has 90 valence electrons. The molecule has 0 bridgehead atoms. The molecule has 1 aromatic carbocycles. The summed E-state index contributed by atoms with van der Waals surface area (Å²) in [5, 5.41) is 10.1. The lowest BCUT2D eigenvalue weighted by Crippen LogP contribution is -1.97. The molecule has 0 radical (unpaired) electrons. The predicted octanol–water partition coefficient (Wildman–Crippen LogP) is 3.63. The summed E-state index contributed by atoms with van der Waals surface area (Å²) in [5.41, 5.74) is 1.95. The smallest absolute Gasteiger partial charge is 0.113 e. The van der Waals surface area contributed by atoms with Crippen LogP contribution in [0.2, 0.25) is 4.34 Å². The zero-order valence-corrected chi connectivity index (χ0v) is 11.0. The van der Waals surface area contributed by atoms with Crippen LogP contribution in [0.5, 0.6) is 0 Å². The van der Waals surface area contributed by atoms with Gasteiger partial charge in [0.1, 0.15) is 6.10 Å². The average Bonchev–Trinajstić information content (AvgIpc) is 2.76. The Bertz CT molecular complexity index is 478. The topological polar surface area (TPSA) is 29.5 Å². The predicted molar refractivity (Wildman–Crippen MR) is 70.5 cm³/mol. The normalized spacial score (nSPS) is 12.6. The number of aliphatic hydroxyl groups excluding tert-OH is 1. The van der Waals surface area contributed by atoms with Gasteiger partial charge < -0.3 is 9.84 Å². The lowest BCUT2D eigenvalue weighted by Gasteiger charge is -2.09. The number of benzene rings is 1. The molecule has 2 rings (SSSR count). The Balaban J connectivity index is 2.16. The lowest BCUT2D eigenvalue weighted by molar-refractivity contribution is 0.184. The van der Waals surface area contributed by atoms with Crippen molar-refractivity contribution in [3.63, 3.8) is 0 Å². The highest BCUT2D eigenvalue weighted by Crippen LogP contribution is 2.30. The van der Waals surface area contributed by atoms with Gasteiger partial charge in [-0.2, -0.15) is 0 Å². The molecule has 1 aromatic heterocycles. The zero-order chi connectivity index (χ0) is 12.3. The summed E-state index contributed by atoms with van der Waals surface area (Å²) in [5.74, 6) is 0. The first-order valence-corrected chi connectivity index (χ1v) is 6.41. The van der Waals surface area contributed by atoms with Gasteiger partial charge in [-0.25, -0.2) is 0 Å². The quantitative estimate of drug-likeness (QED) is 0.918. The van der Waals surface area contributed by atoms with Crippen LogP contribution in [-0.4, -0.2) is 12.2 Å². The Labute approximate surface area is 109 Å². The summed E-state index contributed by atoms with van der Waals surface area (Å²) in [6.45, 7) is 0.585. The van der Waals surface area contributed by atoms with Crippen LogP contribution in [-0.2, 0) is 11.3 Å². The van der Waals surface area contributed by atoms with E-state index in [2.05, 4.69) is 0 Å². The number of rotatable bonds is 4. The summed E-state index contributed by atoms with van der Waals surface area (Å²) < 4.78 is 5.73. The molecule has 1 N–H and O–H groups in total. The van der Waals surface area contributed by atoms with Gasteiger partial charge in [0, 0.05) is 12.0 Å². The van der Waals surface area contributed by atoms with E-state index in [1.165, 1.54) is 11.3 Å². The average molecular weight is 269 g/mol. The third kappa shape index (κ3) is 3.07. The highest BCUT2D eigenvalue weighted by atomic mass is 35.5. The minimum Gasteiger partial charge on any atom is -0.383 e. The van der Waals surface area contributed by atoms with Crippen molar-refractivity contribution in [3.8, 4) is 0 Å². The van der Waals surface area contributed by atoms with Crippen LogP contribution in [0.25, 0.3) is 0 Å². The number of hydrogen-bond donors (Lipinski definition) is 1. The zero-order valence-electron chi connectivity index (χ0n) is 9.39. The monoisotopic (exact) mass is 268 g/mol. The van der Waals surface area contributed by atoms with Crippen LogP contribution in [0.1, 0.15) is 22.1 Å². The van der Waals surface area contributed by atoms with Gasteiger partial charge >= 0.3 is 0 Å². The van der Waals surface area contributed by atoms with Crippen LogP contribution >= 0.6 is 22.9 Å². The summed E-state index contributed by atoms with van der Waals surface area (Å²) in [6, 6.07) is 11.4. The molecule has 1 unspecified atom stereocenters. The highest BCUT2D eigenvalue weighted by Gasteiger charge is 2.12. The molecule has 0 aliphatic heterocycles. The van der Waals surface area contributed by atoms with Gasteiger partial charge in [-0.15, -0.1) is 11.3 Å². The van der Waals surface area contributed by atoms with Gasteiger partial charge in [0.15, 0.2) is 0 Å². The second-order valence-corrected chi connectivity index (χ2v) is 5.47. The van der Waals surface area contributed by atoms with Gasteiger partial charge in [-0.1, -0.05) is 35.9 Å². The molecule has 0 spiro atoms. The molecule has 2 aromatic rings. The first-order chi connectivity index (χ1) is 8.20. The number of thiophene rings is 1. The fraction of sp³-hybridized carbons (Fsp3) is 0.231. The summed E-state index contributed by atoms with van der Waals surface area (Å²) in [7, 11) is 1.66. The Hall–Kier alpha value is -0.870. The molecule has 0 saturated heterocycles. The van der Waals surface area contributed by atoms with Crippen LogP contribution in [0.15, 0.2) is 36.4 Å². The van der Waals surface area contributed by atoms with Crippen molar-refractivity contribution in [2.75, 3.05) is 7.11 Å². The number of halogens is 1. The first-order valence-electron chi connectivity index (χ1n) is 5.22.